The highest BCUT2D eigenvalue weighted by atomic mass is 32.2. The van der Waals surface area contributed by atoms with Crippen LogP contribution in [0.2, 0.25) is 0 Å². The van der Waals surface area contributed by atoms with Gasteiger partial charge in [-0.1, -0.05) is 0 Å². The fourth-order valence-electron chi connectivity index (χ4n) is 2.01. The third-order valence-corrected chi connectivity index (χ3v) is 4.88. The van der Waals surface area contributed by atoms with E-state index in [1.54, 1.807) is 0 Å². The number of carbonyl (C=O) groups excluding carboxylic acids is 1. The average molecular weight is 321 g/mol. The van der Waals surface area contributed by atoms with Gasteiger partial charge in [-0.05, 0) is 12.1 Å². The average Bonchev–Trinajstić information content (AvgIpc) is 2.45. The standard InChI is InChI=1S/C12H13F2NO5S/c1-19-12(16)11-7-20-3-2-15(11)21(17,18)10-5-8(13)4-9(14)6-10/h4-6,11H,2-3,7H2,1H3. The maximum Gasteiger partial charge on any atom is 0.326 e. The molecule has 1 saturated heterocycles. The Labute approximate surface area is 120 Å². The Morgan fingerprint density at radius 2 is 1.95 bits per heavy atom. The van der Waals surface area contributed by atoms with Crippen LogP contribution in [0, 0.1) is 11.6 Å². The fourth-order valence-corrected chi connectivity index (χ4v) is 3.60. The van der Waals surface area contributed by atoms with Gasteiger partial charge in [0.1, 0.15) is 17.7 Å². The van der Waals surface area contributed by atoms with Crippen molar-refractivity contribution >= 4 is 16.0 Å². The normalized spacial score (nSPS) is 20.2. The molecule has 1 aromatic carbocycles. The first kappa shape index (κ1) is 15.8. The minimum absolute atomic E-state index is 0.0739. The Morgan fingerprint density at radius 1 is 1.33 bits per heavy atom. The molecule has 1 fully saturated rings. The van der Waals surface area contributed by atoms with Crippen LogP contribution in [0.4, 0.5) is 8.78 Å². The smallest absolute Gasteiger partial charge is 0.326 e. The van der Waals surface area contributed by atoms with Gasteiger partial charge in [0.25, 0.3) is 0 Å². The van der Waals surface area contributed by atoms with E-state index in [2.05, 4.69) is 4.74 Å². The van der Waals surface area contributed by atoms with Crippen LogP contribution in [0.1, 0.15) is 0 Å². The van der Waals surface area contributed by atoms with E-state index in [4.69, 9.17) is 4.74 Å². The first-order chi connectivity index (χ1) is 9.86. The summed E-state index contributed by atoms with van der Waals surface area (Å²) in [4.78, 5) is 11.1. The summed E-state index contributed by atoms with van der Waals surface area (Å²) in [7, 11) is -3.12. The van der Waals surface area contributed by atoms with Gasteiger partial charge < -0.3 is 9.47 Å². The highest BCUT2D eigenvalue weighted by Gasteiger charge is 2.39. The Hall–Kier alpha value is -1.58. The molecule has 6 nitrogen and oxygen atoms in total. The molecule has 0 aromatic heterocycles. The van der Waals surface area contributed by atoms with Crippen molar-refractivity contribution in [3.05, 3.63) is 29.8 Å². The molecule has 2 rings (SSSR count). The first-order valence-electron chi connectivity index (χ1n) is 6.00. The number of carbonyl (C=O) groups is 1. The van der Waals surface area contributed by atoms with E-state index in [0.29, 0.717) is 18.2 Å². The largest absolute Gasteiger partial charge is 0.468 e. The first-order valence-corrected chi connectivity index (χ1v) is 7.44. The molecule has 1 atom stereocenters. The van der Waals surface area contributed by atoms with Gasteiger partial charge in [-0.15, -0.1) is 0 Å². The summed E-state index contributed by atoms with van der Waals surface area (Å²) in [6.45, 7) is -0.214. The zero-order valence-electron chi connectivity index (χ0n) is 11.1. The molecule has 1 aliphatic heterocycles. The van der Waals surface area contributed by atoms with Crippen LogP contribution in [-0.2, 0) is 24.3 Å². The molecule has 0 aliphatic carbocycles. The van der Waals surface area contributed by atoms with Crippen LogP contribution in [0.5, 0.6) is 0 Å². The van der Waals surface area contributed by atoms with Crippen molar-refractivity contribution in [1.82, 2.24) is 4.31 Å². The molecule has 0 radical (unpaired) electrons. The summed E-state index contributed by atoms with van der Waals surface area (Å²) in [6, 6.07) is 0.778. The van der Waals surface area contributed by atoms with E-state index < -0.39 is 38.6 Å². The molecule has 0 N–H and O–H groups in total. The van der Waals surface area contributed by atoms with Crippen LogP contribution in [0.15, 0.2) is 23.1 Å². The van der Waals surface area contributed by atoms with Gasteiger partial charge in [0.15, 0.2) is 0 Å². The van der Waals surface area contributed by atoms with Crippen LogP contribution in [0.3, 0.4) is 0 Å². The Kier molecular flexibility index (Phi) is 4.55. The van der Waals surface area contributed by atoms with Gasteiger partial charge in [-0.3, -0.25) is 4.79 Å². The predicted octanol–water partition coefficient (Wildman–Crippen LogP) is 0.527. The number of rotatable bonds is 3. The topological polar surface area (TPSA) is 72.9 Å². The molecule has 9 heteroatoms. The number of hydrogen-bond acceptors (Lipinski definition) is 5. The van der Waals surface area contributed by atoms with Gasteiger partial charge in [0.2, 0.25) is 10.0 Å². The minimum Gasteiger partial charge on any atom is -0.468 e. The van der Waals surface area contributed by atoms with Gasteiger partial charge in [-0.25, -0.2) is 17.2 Å². The van der Waals surface area contributed by atoms with E-state index in [1.807, 2.05) is 0 Å². The number of hydrogen-bond donors (Lipinski definition) is 0. The number of halogens is 2. The molecular weight excluding hydrogens is 308 g/mol. The lowest BCUT2D eigenvalue weighted by Gasteiger charge is -2.32. The monoisotopic (exact) mass is 321 g/mol. The number of morpholine rings is 1. The van der Waals surface area contributed by atoms with Crippen molar-refractivity contribution in [3.8, 4) is 0 Å². The van der Waals surface area contributed by atoms with E-state index >= 15 is 0 Å². The maximum absolute atomic E-state index is 13.2. The van der Waals surface area contributed by atoms with E-state index in [1.165, 1.54) is 0 Å². The van der Waals surface area contributed by atoms with Gasteiger partial charge in [0.05, 0.1) is 25.2 Å². The lowest BCUT2D eigenvalue weighted by Crippen LogP contribution is -2.52. The Bertz CT molecular complexity index is 629. The lowest BCUT2D eigenvalue weighted by molar-refractivity contribution is -0.149. The highest BCUT2D eigenvalue weighted by molar-refractivity contribution is 7.89. The molecule has 0 spiro atoms. The van der Waals surface area contributed by atoms with Gasteiger partial charge >= 0.3 is 5.97 Å². The highest BCUT2D eigenvalue weighted by Crippen LogP contribution is 2.22. The number of methoxy groups -OCH3 is 1. The Morgan fingerprint density at radius 3 is 2.52 bits per heavy atom. The number of benzene rings is 1. The van der Waals surface area contributed by atoms with Gasteiger partial charge in [0, 0.05) is 12.6 Å². The zero-order valence-corrected chi connectivity index (χ0v) is 11.9. The molecule has 1 unspecified atom stereocenters. The second-order valence-electron chi connectivity index (χ2n) is 4.33. The summed E-state index contributed by atoms with van der Waals surface area (Å²) < 4.78 is 61.7. The molecule has 1 heterocycles. The van der Waals surface area contributed by atoms with Crippen molar-refractivity contribution in [2.24, 2.45) is 0 Å². The van der Waals surface area contributed by atoms with E-state index in [9.17, 15) is 22.0 Å². The van der Waals surface area contributed by atoms with Crippen molar-refractivity contribution in [2.75, 3.05) is 26.9 Å². The lowest BCUT2D eigenvalue weighted by atomic mass is 10.3. The summed E-state index contributed by atoms with van der Waals surface area (Å²) in [5.41, 5.74) is 0. The van der Waals surface area contributed by atoms with Crippen molar-refractivity contribution in [2.45, 2.75) is 10.9 Å². The number of ether oxygens (including phenoxy) is 2. The van der Waals surface area contributed by atoms with Crippen molar-refractivity contribution in [1.29, 1.82) is 0 Å². The quantitative estimate of drug-likeness (QED) is 0.759. The molecule has 21 heavy (non-hydrogen) atoms. The summed E-state index contributed by atoms with van der Waals surface area (Å²) in [5.74, 6) is -2.83. The maximum atomic E-state index is 13.2. The predicted molar refractivity (Wildman–Crippen MR) is 66.9 cm³/mol. The molecule has 1 aliphatic rings. The van der Waals surface area contributed by atoms with Crippen molar-refractivity contribution < 1.29 is 31.5 Å². The molecule has 116 valence electrons. The molecule has 1 aromatic rings. The molecular formula is C12H13F2NO5S. The Balaban J connectivity index is 2.42. The van der Waals surface area contributed by atoms with E-state index in [-0.39, 0.29) is 19.8 Å². The number of nitrogens with zero attached hydrogens (tertiary/aromatic N) is 1. The third kappa shape index (κ3) is 3.20. The van der Waals surface area contributed by atoms with E-state index in [0.717, 1.165) is 11.4 Å². The molecule has 0 saturated carbocycles. The minimum atomic E-state index is -4.24. The van der Waals surface area contributed by atoms with Crippen LogP contribution < -0.4 is 0 Å². The van der Waals surface area contributed by atoms with Crippen LogP contribution >= 0.6 is 0 Å². The summed E-state index contributed by atoms with van der Waals surface area (Å²) in [6.07, 6.45) is 0. The van der Waals surface area contributed by atoms with Crippen LogP contribution in [-0.4, -0.2) is 51.6 Å². The van der Waals surface area contributed by atoms with Crippen LogP contribution in [0.25, 0.3) is 0 Å². The second-order valence-corrected chi connectivity index (χ2v) is 6.23. The second kappa shape index (κ2) is 6.04. The number of esters is 1. The summed E-state index contributed by atoms with van der Waals surface area (Å²) >= 11 is 0. The fraction of sp³-hybridized carbons (Fsp3) is 0.417. The molecule has 0 amide bonds. The number of sulfonamides is 1. The van der Waals surface area contributed by atoms with Crippen molar-refractivity contribution in [3.63, 3.8) is 0 Å². The SMILES string of the molecule is COC(=O)C1COCCN1S(=O)(=O)c1cc(F)cc(F)c1. The third-order valence-electron chi connectivity index (χ3n) is 3.00. The summed E-state index contributed by atoms with van der Waals surface area (Å²) in [5, 5.41) is 0. The molecule has 0 bridgehead atoms. The van der Waals surface area contributed by atoms with Gasteiger partial charge in [-0.2, -0.15) is 4.31 Å². The zero-order chi connectivity index (χ0) is 15.6.